The van der Waals surface area contributed by atoms with Gasteiger partial charge in [0.2, 0.25) is 0 Å². The van der Waals surface area contributed by atoms with Crippen LogP contribution in [0, 0.1) is 5.82 Å². The highest BCUT2D eigenvalue weighted by Crippen LogP contribution is 2.29. The van der Waals surface area contributed by atoms with E-state index in [0.29, 0.717) is 0 Å². The first-order valence-corrected chi connectivity index (χ1v) is 7.65. The molecule has 0 amide bonds. The molecule has 20 heavy (non-hydrogen) atoms. The Kier molecular flexibility index (Phi) is 5.31. The van der Waals surface area contributed by atoms with Gasteiger partial charge in [-0.15, -0.1) is 0 Å². The Morgan fingerprint density at radius 2 is 2.20 bits per heavy atom. The van der Waals surface area contributed by atoms with E-state index in [4.69, 9.17) is 0 Å². The van der Waals surface area contributed by atoms with Crippen LogP contribution in [0.4, 0.5) is 4.39 Å². The summed E-state index contributed by atoms with van der Waals surface area (Å²) in [7, 11) is 0. The molecule has 0 aliphatic carbocycles. The van der Waals surface area contributed by atoms with Crippen LogP contribution in [0.15, 0.2) is 35.1 Å². The van der Waals surface area contributed by atoms with E-state index in [1.807, 2.05) is 23.1 Å². The van der Waals surface area contributed by atoms with Gasteiger partial charge < -0.3 is 5.32 Å². The fourth-order valence-electron chi connectivity index (χ4n) is 2.13. The van der Waals surface area contributed by atoms with E-state index in [9.17, 15) is 4.39 Å². The quantitative estimate of drug-likeness (QED) is 0.865. The van der Waals surface area contributed by atoms with Crippen LogP contribution in [0.1, 0.15) is 37.4 Å². The number of hydrogen-bond acceptors (Lipinski definition) is 2. The molecule has 0 fully saturated rings. The summed E-state index contributed by atoms with van der Waals surface area (Å²) < 4.78 is 15.9. The predicted octanol–water partition coefficient (Wildman–Crippen LogP) is 3.89. The molecule has 1 heterocycles. The van der Waals surface area contributed by atoms with Gasteiger partial charge in [-0.1, -0.05) is 28.9 Å². The molecule has 0 spiro atoms. The summed E-state index contributed by atoms with van der Waals surface area (Å²) in [6, 6.07) is 4.83. The third-order valence-electron chi connectivity index (χ3n) is 3.18. The number of halogens is 2. The zero-order valence-corrected chi connectivity index (χ0v) is 13.3. The molecule has 0 saturated carbocycles. The fourth-order valence-corrected chi connectivity index (χ4v) is 2.71. The second-order valence-corrected chi connectivity index (χ2v) is 5.54. The van der Waals surface area contributed by atoms with Gasteiger partial charge in [0.15, 0.2) is 0 Å². The van der Waals surface area contributed by atoms with Gasteiger partial charge in [0.1, 0.15) is 5.82 Å². The van der Waals surface area contributed by atoms with Crippen LogP contribution in [0.25, 0.3) is 0 Å². The maximum absolute atomic E-state index is 13.3. The standard InChI is InChI=1S/C15H19BrFN3/c1-3-7-18-15(11-9-19-20(4-2)10-11)13-6-5-12(17)8-14(13)16/h5-6,8-10,15,18H,3-4,7H2,1-2H3. The summed E-state index contributed by atoms with van der Waals surface area (Å²) in [5, 5.41) is 7.82. The second-order valence-electron chi connectivity index (χ2n) is 4.68. The lowest BCUT2D eigenvalue weighted by Gasteiger charge is -2.19. The van der Waals surface area contributed by atoms with Crippen LogP contribution in [0.5, 0.6) is 0 Å². The summed E-state index contributed by atoms with van der Waals surface area (Å²) in [5.41, 5.74) is 2.11. The van der Waals surface area contributed by atoms with Crippen molar-refractivity contribution in [1.29, 1.82) is 0 Å². The van der Waals surface area contributed by atoms with Gasteiger partial charge in [-0.25, -0.2) is 4.39 Å². The maximum atomic E-state index is 13.3. The maximum Gasteiger partial charge on any atom is 0.124 e. The van der Waals surface area contributed by atoms with Gasteiger partial charge in [0.05, 0.1) is 12.2 Å². The highest BCUT2D eigenvalue weighted by molar-refractivity contribution is 9.10. The Balaban J connectivity index is 2.35. The minimum absolute atomic E-state index is 0.0187. The van der Waals surface area contributed by atoms with E-state index in [1.54, 1.807) is 0 Å². The van der Waals surface area contributed by atoms with Crippen molar-refractivity contribution in [1.82, 2.24) is 15.1 Å². The Labute approximate surface area is 127 Å². The molecule has 3 nitrogen and oxygen atoms in total. The number of nitrogens with zero attached hydrogens (tertiary/aromatic N) is 2. The third kappa shape index (κ3) is 3.46. The molecule has 108 valence electrons. The van der Waals surface area contributed by atoms with Crippen LogP contribution in [-0.2, 0) is 6.54 Å². The van der Waals surface area contributed by atoms with Crippen molar-refractivity contribution >= 4 is 15.9 Å². The van der Waals surface area contributed by atoms with E-state index in [-0.39, 0.29) is 11.9 Å². The average Bonchev–Trinajstić information content (AvgIpc) is 2.90. The summed E-state index contributed by atoms with van der Waals surface area (Å²) >= 11 is 3.45. The minimum atomic E-state index is -0.237. The molecule has 1 unspecified atom stereocenters. The van der Waals surface area contributed by atoms with Gasteiger partial charge >= 0.3 is 0 Å². The highest BCUT2D eigenvalue weighted by Gasteiger charge is 2.18. The van der Waals surface area contributed by atoms with Crippen LogP contribution < -0.4 is 5.32 Å². The summed E-state index contributed by atoms with van der Waals surface area (Å²) in [5.74, 6) is -0.237. The van der Waals surface area contributed by atoms with Gasteiger partial charge in [-0.2, -0.15) is 5.10 Å². The van der Waals surface area contributed by atoms with Crippen LogP contribution >= 0.6 is 15.9 Å². The Bertz CT molecular complexity index is 568. The van der Waals surface area contributed by atoms with Crippen LogP contribution in [0.2, 0.25) is 0 Å². The molecule has 0 aliphatic rings. The number of benzene rings is 1. The molecule has 1 atom stereocenters. The van der Waals surface area contributed by atoms with Crippen molar-refractivity contribution < 1.29 is 4.39 Å². The normalized spacial score (nSPS) is 12.6. The third-order valence-corrected chi connectivity index (χ3v) is 3.87. The molecular weight excluding hydrogens is 321 g/mol. The molecular formula is C15H19BrFN3. The average molecular weight is 340 g/mol. The lowest BCUT2D eigenvalue weighted by Crippen LogP contribution is -2.23. The minimum Gasteiger partial charge on any atom is -0.306 e. The molecule has 1 aromatic carbocycles. The zero-order chi connectivity index (χ0) is 14.5. The van der Waals surface area contributed by atoms with Gasteiger partial charge in [0, 0.05) is 22.8 Å². The fraction of sp³-hybridized carbons (Fsp3) is 0.400. The first-order chi connectivity index (χ1) is 9.65. The van der Waals surface area contributed by atoms with Crippen LogP contribution in [-0.4, -0.2) is 16.3 Å². The van der Waals surface area contributed by atoms with E-state index < -0.39 is 0 Å². The smallest absolute Gasteiger partial charge is 0.124 e. The first-order valence-electron chi connectivity index (χ1n) is 6.86. The molecule has 0 aliphatic heterocycles. The van der Waals surface area contributed by atoms with Crippen molar-refractivity contribution in [3.63, 3.8) is 0 Å². The summed E-state index contributed by atoms with van der Waals surface area (Å²) in [4.78, 5) is 0. The molecule has 0 bridgehead atoms. The number of aryl methyl sites for hydroxylation is 1. The largest absolute Gasteiger partial charge is 0.306 e. The van der Waals surface area contributed by atoms with Gasteiger partial charge in [-0.05, 0) is 37.6 Å². The number of hydrogen-bond donors (Lipinski definition) is 1. The Hall–Kier alpha value is -1.20. The van der Waals surface area contributed by atoms with Crippen LogP contribution in [0.3, 0.4) is 0 Å². The van der Waals surface area contributed by atoms with Crippen molar-refractivity contribution in [3.8, 4) is 0 Å². The van der Waals surface area contributed by atoms with Gasteiger partial charge in [0.25, 0.3) is 0 Å². The molecule has 1 N–H and O–H groups in total. The molecule has 1 aromatic heterocycles. The topological polar surface area (TPSA) is 29.9 Å². The van der Waals surface area contributed by atoms with E-state index in [1.165, 1.54) is 12.1 Å². The predicted molar refractivity (Wildman–Crippen MR) is 82.1 cm³/mol. The SMILES string of the molecule is CCCNC(c1cnn(CC)c1)c1ccc(F)cc1Br. The molecule has 2 rings (SSSR count). The Morgan fingerprint density at radius 1 is 1.40 bits per heavy atom. The zero-order valence-electron chi connectivity index (χ0n) is 11.7. The van der Waals surface area contributed by atoms with E-state index >= 15 is 0 Å². The number of nitrogens with one attached hydrogen (secondary N) is 1. The van der Waals surface area contributed by atoms with Crippen molar-refractivity contribution in [2.75, 3.05) is 6.54 Å². The van der Waals surface area contributed by atoms with Gasteiger partial charge in [-0.3, -0.25) is 4.68 Å². The van der Waals surface area contributed by atoms with E-state index in [0.717, 1.165) is 35.1 Å². The highest BCUT2D eigenvalue weighted by atomic mass is 79.9. The Morgan fingerprint density at radius 3 is 2.80 bits per heavy atom. The molecule has 0 saturated heterocycles. The molecule has 5 heteroatoms. The molecule has 2 aromatic rings. The summed E-state index contributed by atoms with van der Waals surface area (Å²) in [6.45, 7) is 5.91. The van der Waals surface area contributed by atoms with Crippen molar-refractivity contribution in [2.45, 2.75) is 32.9 Å². The van der Waals surface area contributed by atoms with Crippen molar-refractivity contribution in [3.05, 3.63) is 52.0 Å². The lowest BCUT2D eigenvalue weighted by molar-refractivity contribution is 0.589. The first kappa shape index (κ1) is 15.2. The lowest BCUT2D eigenvalue weighted by atomic mass is 10.0. The summed E-state index contributed by atoms with van der Waals surface area (Å²) in [6.07, 6.45) is 4.94. The van der Waals surface area contributed by atoms with Crippen molar-refractivity contribution in [2.24, 2.45) is 0 Å². The monoisotopic (exact) mass is 339 g/mol. The number of rotatable bonds is 6. The molecule has 0 radical (unpaired) electrons. The second kappa shape index (κ2) is 6.99. The number of aromatic nitrogens is 2. The van der Waals surface area contributed by atoms with E-state index in [2.05, 4.69) is 40.2 Å².